The van der Waals surface area contributed by atoms with Gasteiger partial charge in [-0.1, -0.05) is 12.1 Å². The molecule has 1 aromatic heterocycles. The lowest BCUT2D eigenvalue weighted by molar-refractivity contribution is -0.274. The molecule has 230 valence electrons. The number of benzene rings is 3. The topological polar surface area (TPSA) is 88.6 Å². The molecule has 0 saturated carbocycles. The number of hydrogen-bond acceptors (Lipinski definition) is 8. The van der Waals surface area contributed by atoms with Crippen LogP contribution >= 0.6 is 11.8 Å². The monoisotopic (exact) mass is 627 g/mol. The Morgan fingerprint density at radius 1 is 1.05 bits per heavy atom. The van der Waals surface area contributed by atoms with Crippen LogP contribution in [-0.2, 0) is 11.3 Å². The molecule has 3 aromatic carbocycles. The van der Waals surface area contributed by atoms with Gasteiger partial charge in [-0.2, -0.15) is 0 Å². The fraction of sp³-hybridized carbons (Fsp3) is 0.258. The number of aromatic nitrogens is 2. The van der Waals surface area contributed by atoms with E-state index < -0.39 is 18.1 Å². The maximum atomic E-state index is 15.2. The van der Waals surface area contributed by atoms with Gasteiger partial charge >= 0.3 is 6.36 Å². The Balaban J connectivity index is 1.29. The van der Waals surface area contributed by atoms with Gasteiger partial charge in [-0.15, -0.1) is 24.9 Å². The molecule has 1 amide bonds. The summed E-state index contributed by atoms with van der Waals surface area (Å²) in [6.07, 6.45) is -1.46. The van der Waals surface area contributed by atoms with E-state index in [2.05, 4.69) is 30.2 Å². The van der Waals surface area contributed by atoms with Crippen molar-refractivity contribution in [3.05, 3.63) is 89.4 Å². The molecule has 0 bridgehead atoms. The zero-order chi connectivity index (χ0) is 31.3. The second-order valence-corrected chi connectivity index (χ2v) is 10.8. The van der Waals surface area contributed by atoms with Crippen LogP contribution in [0.1, 0.15) is 21.5 Å². The fourth-order valence-electron chi connectivity index (χ4n) is 4.59. The second-order valence-electron chi connectivity index (χ2n) is 9.99. The van der Waals surface area contributed by atoms with Crippen LogP contribution in [-0.4, -0.2) is 59.7 Å². The van der Waals surface area contributed by atoms with E-state index in [1.54, 1.807) is 0 Å². The zero-order valence-corrected chi connectivity index (χ0v) is 24.7. The summed E-state index contributed by atoms with van der Waals surface area (Å²) in [4.78, 5) is 24.7. The molecule has 2 N–H and O–H groups in total. The largest absolute Gasteiger partial charge is 0.573 e. The number of thioether (sulfide) groups is 1. The summed E-state index contributed by atoms with van der Waals surface area (Å²) < 4.78 is 62.1. The van der Waals surface area contributed by atoms with Gasteiger partial charge in [0, 0.05) is 42.6 Å². The third kappa shape index (κ3) is 8.04. The quantitative estimate of drug-likeness (QED) is 0.151. The molecule has 44 heavy (non-hydrogen) atoms. The number of anilines is 3. The number of hydrogen-bond donors (Lipinski definition) is 2. The van der Waals surface area contributed by atoms with Crippen LogP contribution in [0.2, 0.25) is 0 Å². The van der Waals surface area contributed by atoms with Crippen LogP contribution in [0.5, 0.6) is 5.75 Å². The van der Waals surface area contributed by atoms with Crippen molar-refractivity contribution >= 4 is 35.0 Å². The number of nitrogens with zero attached hydrogens (tertiary/aromatic N) is 3. The Kier molecular flexibility index (Phi) is 9.67. The fourth-order valence-corrected chi connectivity index (χ4v) is 5.11. The number of nitrogens with one attached hydrogen (secondary N) is 2. The highest BCUT2D eigenvalue weighted by Gasteiger charge is 2.31. The van der Waals surface area contributed by atoms with Crippen molar-refractivity contribution in [2.24, 2.45) is 0 Å². The summed E-state index contributed by atoms with van der Waals surface area (Å²) in [5.41, 5.74) is 3.72. The van der Waals surface area contributed by atoms with Gasteiger partial charge in [0.25, 0.3) is 5.91 Å². The Morgan fingerprint density at radius 3 is 2.48 bits per heavy atom. The SMILES string of the molecule is CSc1cnc(Nc2ccc(C(=O)Nc3cc(CN4CCOCC4)ccc3C)cc2F)nc1-c1ccc(OC(F)(F)F)cc1. The first-order chi connectivity index (χ1) is 21.1. The lowest BCUT2D eigenvalue weighted by Gasteiger charge is -2.26. The van der Waals surface area contributed by atoms with Crippen molar-refractivity contribution < 1.29 is 31.8 Å². The molecule has 8 nitrogen and oxygen atoms in total. The molecule has 1 aliphatic rings. The van der Waals surface area contributed by atoms with Gasteiger partial charge in [-0.05, 0) is 72.8 Å². The highest BCUT2D eigenvalue weighted by atomic mass is 32.2. The second kappa shape index (κ2) is 13.6. The minimum Gasteiger partial charge on any atom is -0.406 e. The van der Waals surface area contributed by atoms with Crippen molar-refractivity contribution in [2.45, 2.75) is 24.7 Å². The van der Waals surface area contributed by atoms with E-state index in [1.165, 1.54) is 54.4 Å². The molecule has 0 spiro atoms. The van der Waals surface area contributed by atoms with E-state index >= 15 is 4.39 Å². The number of amides is 1. The number of carbonyl (C=O) groups is 1. The Hall–Kier alpha value is -4.20. The first-order valence-electron chi connectivity index (χ1n) is 13.6. The summed E-state index contributed by atoms with van der Waals surface area (Å²) in [5, 5.41) is 5.71. The van der Waals surface area contributed by atoms with Crippen molar-refractivity contribution in [1.82, 2.24) is 14.9 Å². The smallest absolute Gasteiger partial charge is 0.406 e. The standard InChI is InChI=1S/C31H29F4N5O3S/c1-19-3-4-20(18-40-11-13-42-14-12-40)15-26(19)37-29(41)22-7-10-25(24(32)16-22)38-30-36-17-27(44-2)28(39-30)21-5-8-23(9-6-21)43-31(33,34)35/h3-10,15-17H,11-14,18H2,1-2H3,(H,37,41)(H,36,38,39). The van der Waals surface area contributed by atoms with E-state index in [4.69, 9.17) is 4.74 Å². The molecule has 2 heterocycles. The molecule has 1 aliphatic heterocycles. The Labute approximate surface area is 255 Å². The highest BCUT2D eigenvalue weighted by molar-refractivity contribution is 7.98. The van der Waals surface area contributed by atoms with Gasteiger partial charge in [0.05, 0.1) is 29.5 Å². The predicted molar refractivity (Wildman–Crippen MR) is 161 cm³/mol. The van der Waals surface area contributed by atoms with Crippen molar-refractivity contribution in [2.75, 3.05) is 43.2 Å². The normalized spacial score (nSPS) is 13.9. The molecule has 4 aromatic rings. The van der Waals surface area contributed by atoms with Crippen molar-refractivity contribution in [1.29, 1.82) is 0 Å². The summed E-state index contributed by atoms with van der Waals surface area (Å²) >= 11 is 1.35. The van der Waals surface area contributed by atoms with Gasteiger partial charge in [-0.25, -0.2) is 14.4 Å². The molecular weight excluding hydrogens is 598 g/mol. The lowest BCUT2D eigenvalue weighted by atomic mass is 10.1. The van der Waals surface area contributed by atoms with E-state index in [0.29, 0.717) is 35.1 Å². The van der Waals surface area contributed by atoms with Gasteiger partial charge in [0.1, 0.15) is 11.6 Å². The first kappa shape index (κ1) is 31.2. The minimum absolute atomic E-state index is 0.0435. The van der Waals surface area contributed by atoms with Crippen LogP contribution in [0.4, 0.5) is 34.9 Å². The number of alkyl halides is 3. The van der Waals surface area contributed by atoms with Crippen LogP contribution in [0.3, 0.4) is 0 Å². The number of carbonyl (C=O) groups excluding carboxylic acids is 1. The molecule has 5 rings (SSSR count). The van der Waals surface area contributed by atoms with E-state index in [0.717, 1.165) is 36.8 Å². The number of aryl methyl sites for hydroxylation is 1. The van der Waals surface area contributed by atoms with Crippen LogP contribution < -0.4 is 15.4 Å². The Bertz CT molecular complexity index is 1630. The summed E-state index contributed by atoms with van der Waals surface area (Å²) in [6, 6.07) is 15.2. The molecular formula is C31H29F4N5O3S. The summed E-state index contributed by atoms with van der Waals surface area (Å²) in [7, 11) is 0. The first-order valence-corrected chi connectivity index (χ1v) is 14.9. The average molecular weight is 628 g/mol. The maximum absolute atomic E-state index is 15.2. The molecule has 0 unspecified atom stereocenters. The van der Waals surface area contributed by atoms with Crippen LogP contribution in [0.15, 0.2) is 71.8 Å². The molecule has 13 heteroatoms. The van der Waals surface area contributed by atoms with Gasteiger partial charge in [0.15, 0.2) is 0 Å². The van der Waals surface area contributed by atoms with Gasteiger partial charge in [0.2, 0.25) is 5.95 Å². The molecule has 0 atom stereocenters. The van der Waals surface area contributed by atoms with Gasteiger partial charge < -0.3 is 20.1 Å². The summed E-state index contributed by atoms with van der Waals surface area (Å²) in [5.74, 6) is -1.44. The average Bonchev–Trinajstić information content (AvgIpc) is 3.00. The maximum Gasteiger partial charge on any atom is 0.573 e. The summed E-state index contributed by atoms with van der Waals surface area (Å²) in [6.45, 7) is 5.71. The van der Waals surface area contributed by atoms with Crippen molar-refractivity contribution in [3.8, 4) is 17.0 Å². The molecule has 0 radical (unpaired) electrons. The van der Waals surface area contributed by atoms with E-state index in [9.17, 15) is 18.0 Å². The Morgan fingerprint density at radius 2 is 1.80 bits per heavy atom. The minimum atomic E-state index is -4.80. The number of morpholine rings is 1. The molecule has 1 fully saturated rings. The third-order valence-electron chi connectivity index (χ3n) is 6.87. The zero-order valence-electron chi connectivity index (χ0n) is 23.9. The van der Waals surface area contributed by atoms with E-state index in [1.807, 2.05) is 31.4 Å². The van der Waals surface area contributed by atoms with Crippen molar-refractivity contribution in [3.63, 3.8) is 0 Å². The number of rotatable bonds is 9. The highest BCUT2D eigenvalue weighted by Crippen LogP contribution is 2.32. The van der Waals surface area contributed by atoms with Crippen LogP contribution in [0.25, 0.3) is 11.3 Å². The number of halogens is 4. The van der Waals surface area contributed by atoms with Gasteiger partial charge in [-0.3, -0.25) is 9.69 Å². The number of ether oxygens (including phenoxy) is 2. The third-order valence-corrected chi connectivity index (χ3v) is 7.61. The van der Waals surface area contributed by atoms with Crippen LogP contribution in [0, 0.1) is 12.7 Å². The molecule has 0 aliphatic carbocycles. The predicted octanol–water partition coefficient (Wildman–Crippen LogP) is 7.04. The molecule has 1 saturated heterocycles. The van der Waals surface area contributed by atoms with E-state index in [-0.39, 0.29) is 22.9 Å². The lowest BCUT2D eigenvalue weighted by Crippen LogP contribution is -2.35.